The van der Waals surface area contributed by atoms with Crippen LogP contribution in [0, 0.1) is 13.8 Å². The minimum absolute atomic E-state index is 0.0103. The average molecular weight is 371 g/mol. The number of ether oxygens (including phenoxy) is 1. The van der Waals surface area contributed by atoms with Crippen molar-refractivity contribution in [3.05, 3.63) is 52.8 Å². The first-order chi connectivity index (χ1) is 12.7. The van der Waals surface area contributed by atoms with Crippen LogP contribution in [0.1, 0.15) is 34.2 Å². The van der Waals surface area contributed by atoms with E-state index in [0.29, 0.717) is 18.7 Å². The van der Waals surface area contributed by atoms with Gasteiger partial charge in [-0.1, -0.05) is 12.1 Å². The second-order valence-electron chi connectivity index (χ2n) is 6.90. The van der Waals surface area contributed by atoms with Crippen LogP contribution >= 0.6 is 0 Å². The van der Waals surface area contributed by atoms with Crippen molar-refractivity contribution in [2.24, 2.45) is 0 Å². The molecule has 0 spiro atoms. The standard InChI is InChI=1S/C21H29N3O3/c1-7-27-21(26)19-12-15(2)24(16(19)3)14-20(25)23(6)13-17-8-10-18(11-9-17)22(4)5/h8-12H,7,13-14H2,1-6H3. The van der Waals surface area contributed by atoms with E-state index in [1.165, 1.54) is 0 Å². The Labute approximate surface area is 161 Å². The molecule has 2 aromatic rings. The van der Waals surface area contributed by atoms with Crippen LogP contribution in [0.2, 0.25) is 0 Å². The third-order valence-corrected chi connectivity index (χ3v) is 4.66. The Balaban J connectivity index is 2.07. The van der Waals surface area contributed by atoms with Crippen molar-refractivity contribution in [3.8, 4) is 0 Å². The summed E-state index contributed by atoms with van der Waals surface area (Å²) >= 11 is 0. The number of benzene rings is 1. The number of aromatic nitrogens is 1. The number of hydrogen-bond acceptors (Lipinski definition) is 4. The van der Waals surface area contributed by atoms with Crippen LogP contribution in [0.4, 0.5) is 5.69 Å². The summed E-state index contributed by atoms with van der Waals surface area (Å²) in [4.78, 5) is 28.5. The highest BCUT2D eigenvalue weighted by molar-refractivity contribution is 5.91. The molecular formula is C21H29N3O3. The molecule has 0 aliphatic rings. The molecule has 6 heteroatoms. The van der Waals surface area contributed by atoms with E-state index in [1.807, 2.05) is 61.7 Å². The van der Waals surface area contributed by atoms with E-state index in [-0.39, 0.29) is 18.4 Å². The molecule has 0 saturated heterocycles. The molecule has 2 rings (SSSR count). The Kier molecular flexibility index (Phi) is 6.66. The zero-order valence-electron chi connectivity index (χ0n) is 17.1. The van der Waals surface area contributed by atoms with E-state index in [1.54, 1.807) is 24.9 Å². The fraction of sp³-hybridized carbons (Fsp3) is 0.429. The van der Waals surface area contributed by atoms with Gasteiger partial charge in [-0.2, -0.15) is 0 Å². The fourth-order valence-corrected chi connectivity index (χ4v) is 2.98. The molecular weight excluding hydrogens is 342 g/mol. The molecule has 146 valence electrons. The Morgan fingerprint density at radius 3 is 2.26 bits per heavy atom. The summed E-state index contributed by atoms with van der Waals surface area (Å²) in [6.45, 7) is 6.58. The molecule has 0 saturated carbocycles. The predicted molar refractivity (Wildman–Crippen MR) is 107 cm³/mol. The second-order valence-corrected chi connectivity index (χ2v) is 6.90. The highest BCUT2D eigenvalue weighted by Gasteiger charge is 2.19. The van der Waals surface area contributed by atoms with Gasteiger partial charge in [-0.25, -0.2) is 4.79 Å². The number of carbonyl (C=O) groups is 2. The van der Waals surface area contributed by atoms with Gasteiger partial charge < -0.3 is 19.1 Å². The van der Waals surface area contributed by atoms with Gasteiger partial charge >= 0.3 is 5.97 Å². The molecule has 27 heavy (non-hydrogen) atoms. The van der Waals surface area contributed by atoms with Crippen LogP contribution in [0.3, 0.4) is 0 Å². The summed E-state index contributed by atoms with van der Waals surface area (Å²) in [6, 6.07) is 9.92. The smallest absolute Gasteiger partial charge is 0.339 e. The van der Waals surface area contributed by atoms with E-state index >= 15 is 0 Å². The number of amides is 1. The van der Waals surface area contributed by atoms with E-state index in [2.05, 4.69) is 0 Å². The van der Waals surface area contributed by atoms with Crippen LogP contribution < -0.4 is 4.90 Å². The van der Waals surface area contributed by atoms with E-state index in [9.17, 15) is 9.59 Å². The molecule has 6 nitrogen and oxygen atoms in total. The maximum atomic E-state index is 12.7. The highest BCUT2D eigenvalue weighted by atomic mass is 16.5. The molecule has 1 heterocycles. The fourth-order valence-electron chi connectivity index (χ4n) is 2.98. The number of hydrogen-bond donors (Lipinski definition) is 0. The van der Waals surface area contributed by atoms with Crippen molar-refractivity contribution < 1.29 is 14.3 Å². The van der Waals surface area contributed by atoms with Crippen LogP contribution in [-0.4, -0.2) is 49.1 Å². The third kappa shape index (κ3) is 4.90. The summed E-state index contributed by atoms with van der Waals surface area (Å²) in [5.41, 5.74) is 4.34. The van der Waals surface area contributed by atoms with Gasteiger partial charge in [-0.05, 0) is 44.5 Å². The van der Waals surface area contributed by atoms with E-state index in [4.69, 9.17) is 4.74 Å². The van der Waals surface area contributed by atoms with E-state index in [0.717, 1.165) is 22.6 Å². The number of anilines is 1. The summed E-state index contributed by atoms with van der Waals surface area (Å²) in [7, 11) is 5.79. The lowest BCUT2D eigenvalue weighted by Gasteiger charge is -2.20. The quantitative estimate of drug-likeness (QED) is 0.702. The first-order valence-corrected chi connectivity index (χ1v) is 9.08. The van der Waals surface area contributed by atoms with Gasteiger partial charge in [0.2, 0.25) is 5.91 Å². The molecule has 0 bridgehead atoms. The van der Waals surface area contributed by atoms with Gasteiger partial charge in [-0.15, -0.1) is 0 Å². The predicted octanol–water partition coefficient (Wildman–Crippen LogP) is 3.01. The maximum absolute atomic E-state index is 12.7. The van der Waals surface area contributed by atoms with Gasteiger partial charge in [0, 0.05) is 44.8 Å². The Hall–Kier alpha value is -2.76. The summed E-state index contributed by atoms with van der Waals surface area (Å²) in [6.07, 6.45) is 0. The molecule has 1 amide bonds. The molecule has 0 unspecified atom stereocenters. The number of carbonyl (C=O) groups excluding carboxylic acids is 2. The maximum Gasteiger partial charge on any atom is 0.339 e. The number of nitrogens with zero attached hydrogens (tertiary/aromatic N) is 3. The summed E-state index contributed by atoms with van der Waals surface area (Å²) in [5, 5.41) is 0. The zero-order valence-corrected chi connectivity index (χ0v) is 17.1. The van der Waals surface area contributed by atoms with Crippen molar-refractivity contribution in [1.82, 2.24) is 9.47 Å². The molecule has 0 atom stereocenters. The van der Waals surface area contributed by atoms with Crippen molar-refractivity contribution in [3.63, 3.8) is 0 Å². The molecule has 0 radical (unpaired) electrons. The van der Waals surface area contributed by atoms with Crippen LogP contribution in [0.25, 0.3) is 0 Å². The molecule has 1 aromatic heterocycles. The Morgan fingerprint density at radius 2 is 1.70 bits per heavy atom. The Bertz CT molecular complexity index is 807. The minimum atomic E-state index is -0.348. The number of aryl methyl sites for hydroxylation is 1. The first kappa shape index (κ1) is 20.6. The summed E-state index contributed by atoms with van der Waals surface area (Å²) in [5.74, 6) is -0.359. The topological polar surface area (TPSA) is 54.8 Å². The van der Waals surface area contributed by atoms with Crippen molar-refractivity contribution in [2.45, 2.75) is 33.9 Å². The second kappa shape index (κ2) is 8.75. The van der Waals surface area contributed by atoms with Gasteiger partial charge in [0.25, 0.3) is 0 Å². The average Bonchev–Trinajstić information content (AvgIpc) is 2.90. The minimum Gasteiger partial charge on any atom is -0.462 e. The number of esters is 1. The van der Waals surface area contributed by atoms with Gasteiger partial charge in [0.05, 0.1) is 12.2 Å². The normalized spacial score (nSPS) is 10.6. The number of rotatable bonds is 7. The molecule has 0 fully saturated rings. The number of likely N-dealkylation sites (N-methyl/N-ethyl adjacent to an activating group) is 1. The first-order valence-electron chi connectivity index (χ1n) is 9.08. The van der Waals surface area contributed by atoms with Crippen LogP contribution in [-0.2, 0) is 22.6 Å². The summed E-state index contributed by atoms with van der Waals surface area (Å²) < 4.78 is 6.95. The lowest BCUT2D eigenvalue weighted by molar-refractivity contribution is -0.131. The van der Waals surface area contributed by atoms with Gasteiger partial charge in [0.15, 0.2) is 0 Å². The molecule has 0 aliphatic heterocycles. The molecule has 0 aliphatic carbocycles. The lowest BCUT2D eigenvalue weighted by Crippen LogP contribution is -2.30. The van der Waals surface area contributed by atoms with Crippen LogP contribution in [0.15, 0.2) is 30.3 Å². The van der Waals surface area contributed by atoms with Crippen LogP contribution in [0.5, 0.6) is 0 Å². The zero-order chi connectivity index (χ0) is 20.1. The lowest BCUT2D eigenvalue weighted by atomic mass is 10.2. The SMILES string of the molecule is CCOC(=O)c1cc(C)n(CC(=O)N(C)Cc2ccc(N(C)C)cc2)c1C. The van der Waals surface area contributed by atoms with E-state index < -0.39 is 0 Å². The third-order valence-electron chi connectivity index (χ3n) is 4.66. The molecule has 1 aromatic carbocycles. The van der Waals surface area contributed by atoms with Crippen molar-refractivity contribution in [1.29, 1.82) is 0 Å². The van der Waals surface area contributed by atoms with Crippen molar-refractivity contribution >= 4 is 17.6 Å². The Morgan fingerprint density at radius 1 is 1.07 bits per heavy atom. The monoisotopic (exact) mass is 371 g/mol. The molecule has 0 N–H and O–H groups in total. The van der Waals surface area contributed by atoms with Gasteiger partial charge in [0.1, 0.15) is 6.54 Å². The van der Waals surface area contributed by atoms with Gasteiger partial charge in [-0.3, -0.25) is 4.79 Å². The largest absolute Gasteiger partial charge is 0.462 e. The highest BCUT2D eigenvalue weighted by Crippen LogP contribution is 2.17. The van der Waals surface area contributed by atoms with Crippen molar-refractivity contribution in [2.75, 3.05) is 32.6 Å².